The van der Waals surface area contributed by atoms with Crippen LogP contribution in [-0.2, 0) is 0 Å². The third-order valence-corrected chi connectivity index (χ3v) is 3.55. The highest BCUT2D eigenvalue weighted by Crippen LogP contribution is 2.19. The number of aliphatic hydroxyl groups excluding tert-OH is 1. The predicted octanol–water partition coefficient (Wildman–Crippen LogP) is 3.46. The molecule has 1 rings (SSSR count). The Hall–Kier alpha value is -0.860. The predicted molar refractivity (Wildman–Crippen MR) is 77.9 cm³/mol. The van der Waals surface area contributed by atoms with Gasteiger partial charge >= 0.3 is 0 Å². The van der Waals surface area contributed by atoms with Gasteiger partial charge < -0.3 is 10.0 Å². The van der Waals surface area contributed by atoms with Gasteiger partial charge in [0.25, 0.3) is 0 Å². The van der Waals surface area contributed by atoms with Crippen LogP contribution in [0.3, 0.4) is 0 Å². The van der Waals surface area contributed by atoms with Crippen LogP contribution in [0, 0.1) is 13.8 Å². The van der Waals surface area contributed by atoms with Gasteiger partial charge in [0.1, 0.15) is 0 Å². The van der Waals surface area contributed by atoms with Crippen LogP contribution in [0.2, 0.25) is 0 Å². The normalized spacial score (nSPS) is 14.8. The van der Waals surface area contributed by atoms with Crippen LogP contribution in [0.4, 0.5) is 0 Å². The third kappa shape index (κ3) is 4.43. The quantitative estimate of drug-likeness (QED) is 0.834. The van der Waals surface area contributed by atoms with Crippen molar-refractivity contribution in [1.82, 2.24) is 4.90 Å². The number of hydrogen-bond donors (Lipinski definition) is 1. The van der Waals surface area contributed by atoms with Crippen LogP contribution >= 0.6 is 0 Å². The van der Waals surface area contributed by atoms with Gasteiger partial charge in [-0.25, -0.2) is 0 Å². The Balaban J connectivity index is 2.66. The molecule has 0 bridgehead atoms. The monoisotopic (exact) mass is 249 g/mol. The van der Waals surface area contributed by atoms with Crippen molar-refractivity contribution in [2.45, 2.75) is 52.7 Å². The lowest BCUT2D eigenvalue weighted by atomic mass is 10.0. The fraction of sp³-hybridized carbons (Fsp3) is 0.625. The first kappa shape index (κ1) is 15.2. The van der Waals surface area contributed by atoms with Gasteiger partial charge in [0.15, 0.2) is 0 Å². The Morgan fingerprint density at radius 2 is 1.72 bits per heavy atom. The van der Waals surface area contributed by atoms with Crippen LogP contribution in [0.1, 0.15) is 49.5 Å². The maximum Gasteiger partial charge on any atom is 0.0917 e. The number of nitrogens with zero attached hydrogens (tertiary/aromatic N) is 1. The number of likely N-dealkylation sites (N-methyl/N-ethyl adjacent to an activating group) is 1. The molecule has 1 aromatic rings. The molecule has 1 aromatic carbocycles. The van der Waals surface area contributed by atoms with E-state index in [2.05, 4.69) is 57.8 Å². The van der Waals surface area contributed by atoms with Crippen molar-refractivity contribution in [1.29, 1.82) is 0 Å². The Morgan fingerprint density at radius 1 is 1.17 bits per heavy atom. The molecule has 2 heteroatoms. The molecule has 2 unspecified atom stereocenters. The first-order chi connectivity index (χ1) is 8.43. The molecule has 0 aliphatic carbocycles. The SMILES string of the molecule is CCCC(C)N(C)CC(O)c1cc(C)cc(C)c1. The molecule has 1 N–H and O–H groups in total. The van der Waals surface area contributed by atoms with E-state index in [1.54, 1.807) is 0 Å². The number of rotatable bonds is 6. The molecule has 2 atom stereocenters. The van der Waals surface area contributed by atoms with Crippen molar-refractivity contribution in [3.05, 3.63) is 34.9 Å². The minimum atomic E-state index is -0.395. The highest BCUT2D eigenvalue weighted by atomic mass is 16.3. The van der Waals surface area contributed by atoms with E-state index < -0.39 is 6.10 Å². The zero-order chi connectivity index (χ0) is 13.7. The summed E-state index contributed by atoms with van der Waals surface area (Å²) < 4.78 is 0. The molecular formula is C16H27NO. The molecule has 0 radical (unpaired) electrons. The first-order valence-corrected chi connectivity index (χ1v) is 6.90. The van der Waals surface area contributed by atoms with Gasteiger partial charge in [-0.1, -0.05) is 42.7 Å². The van der Waals surface area contributed by atoms with Crippen LogP contribution in [0.5, 0.6) is 0 Å². The molecule has 18 heavy (non-hydrogen) atoms. The lowest BCUT2D eigenvalue weighted by Gasteiger charge is -2.27. The minimum absolute atomic E-state index is 0.395. The van der Waals surface area contributed by atoms with Crippen LogP contribution < -0.4 is 0 Å². The first-order valence-electron chi connectivity index (χ1n) is 6.90. The Labute approximate surface area is 112 Å². The summed E-state index contributed by atoms with van der Waals surface area (Å²) in [6.07, 6.45) is 1.97. The van der Waals surface area contributed by atoms with E-state index >= 15 is 0 Å². The van der Waals surface area contributed by atoms with Gasteiger partial charge in [0.2, 0.25) is 0 Å². The summed E-state index contributed by atoms with van der Waals surface area (Å²) in [5, 5.41) is 10.3. The molecule has 0 spiro atoms. The highest BCUT2D eigenvalue weighted by Gasteiger charge is 2.15. The van der Waals surface area contributed by atoms with Crippen molar-refractivity contribution in [3.8, 4) is 0 Å². The van der Waals surface area contributed by atoms with Crippen molar-refractivity contribution in [2.75, 3.05) is 13.6 Å². The number of hydrogen-bond acceptors (Lipinski definition) is 2. The van der Waals surface area contributed by atoms with E-state index in [1.165, 1.54) is 24.0 Å². The van der Waals surface area contributed by atoms with E-state index in [4.69, 9.17) is 0 Å². The van der Waals surface area contributed by atoms with Gasteiger partial charge in [-0.2, -0.15) is 0 Å². The Morgan fingerprint density at radius 3 is 2.22 bits per heavy atom. The summed E-state index contributed by atoms with van der Waals surface area (Å²) >= 11 is 0. The fourth-order valence-electron chi connectivity index (χ4n) is 2.40. The lowest BCUT2D eigenvalue weighted by molar-refractivity contribution is 0.106. The average Bonchev–Trinajstić information content (AvgIpc) is 2.27. The van der Waals surface area contributed by atoms with Crippen molar-refractivity contribution in [2.24, 2.45) is 0 Å². The standard InChI is InChI=1S/C16H27NO/c1-6-7-14(4)17(5)11-16(18)15-9-12(2)8-13(3)10-15/h8-10,14,16,18H,6-7,11H2,1-5H3. The molecule has 0 aromatic heterocycles. The zero-order valence-corrected chi connectivity index (χ0v) is 12.4. The highest BCUT2D eigenvalue weighted by molar-refractivity contribution is 5.30. The van der Waals surface area contributed by atoms with Gasteiger partial charge in [0, 0.05) is 12.6 Å². The van der Waals surface area contributed by atoms with Gasteiger partial charge in [-0.15, -0.1) is 0 Å². The summed E-state index contributed by atoms with van der Waals surface area (Å²) in [5.41, 5.74) is 3.46. The molecule has 0 fully saturated rings. The van der Waals surface area contributed by atoms with E-state index in [9.17, 15) is 5.11 Å². The van der Waals surface area contributed by atoms with E-state index in [0.717, 1.165) is 5.56 Å². The fourth-order valence-corrected chi connectivity index (χ4v) is 2.40. The second-order valence-corrected chi connectivity index (χ2v) is 5.51. The van der Waals surface area contributed by atoms with Crippen LogP contribution in [0.25, 0.3) is 0 Å². The molecule has 0 heterocycles. The van der Waals surface area contributed by atoms with E-state index in [-0.39, 0.29) is 0 Å². The van der Waals surface area contributed by atoms with Crippen LogP contribution in [-0.4, -0.2) is 29.6 Å². The van der Waals surface area contributed by atoms with Gasteiger partial charge in [0.05, 0.1) is 6.10 Å². The molecule has 0 amide bonds. The lowest BCUT2D eigenvalue weighted by Crippen LogP contribution is -2.32. The largest absolute Gasteiger partial charge is 0.387 e. The maximum atomic E-state index is 10.3. The summed E-state index contributed by atoms with van der Waals surface area (Å²) in [6.45, 7) is 9.27. The minimum Gasteiger partial charge on any atom is -0.387 e. The molecule has 102 valence electrons. The molecule has 0 aliphatic rings. The number of aliphatic hydroxyl groups is 1. The van der Waals surface area contributed by atoms with Crippen LogP contribution in [0.15, 0.2) is 18.2 Å². The maximum absolute atomic E-state index is 10.3. The van der Waals surface area contributed by atoms with Crippen molar-refractivity contribution >= 4 is 0 Å². The Bertz CT molecular complexity index is 355. The Kier molecular flexibility index (Phi) is 5.83. The molecule has 0 aliphatic heterocycles. The summed E-state index contributed by atoms with van der Waals surface area (Å²) in [6, 6.07) is 6.82. The summed E-state index contributed by atoms with van der Waals surface area (Å²) in [7, 11) is 2.09. The third-order valence-electron chi connectivity index (χ3n) is 3.55. The van der Waals surface area contributed by atoms with E-state index in [0.29, 0.717) is 12.6 Å². The smallest absolute Gasteiger partial charge is 0.0917 e. The van der Waals surface area contributed by atoms with E-state index in [1.807, 2.05) is 0 Å². The second kappa shape index (κ2) is 6.91. The molecule has 2 nitrogen and oxygen atoms in total. The average molecular weight is 249 g/mol. The van der Waals surface area contributed by atoms with Crippen molar-refractivity contribution < 1.29 is 5.11 Å². The van der Waals surface area contributed by atoms with Gasteiger partial charge in [-0.05, 0) is 39.8 Å². The molecular weight excluding hydrogens is 222 g/mol. The summed E-state index contributed by atoms with van der Waals surface area (Å²) in [5.74, 6) is 0. The molecule has 0 saturated heterocycles. The van der Waals surface area contributed by atoms with Crippen molar-refractivity contribution in [3.63, 3.8) is 0 Å². The summed E-state index contributed by atoms with van der Waals surface area (Å²) in [4.78, 5) is 2.24. The number of benzene rings is 1. The topological polar surface area (TPSA) is 23.5 Å². The van der Waals surface area contributed by atoms with Gasteiger partial charge in [-0.3, -0.25) is 0 Å². The number of aryl methyl sites for hydroxylation is 2. The molecule has 0 saturated carbocycles. The second-order valence-electron chi connectivity index (χ2n) is 5.51. The zero-order valence-electron chi connectivity index (χ0n) is 12.4.